The number of rotatable bonds is 5. The Kier molecular flexibility index (Phi) is 4.97. The molecule has 0 fully saturated rings. The van der Waals surface area contributed by atoms with Gasteiger partial charge >= 0.3 is 0 Å². The maximum absolute atomic E-state index is 12.5. The first-order chi connectivity index (χ1) is 11.5. The number of benzene rings is 1. The molecule has 126 valence electrons. The Labute approximate surface area is 145 Å². The van der Waals surface area contributed by atoms with E-state index in [9.17, 15) is 9.59 Å². The third-order valence-electron chi connectivity index (χ3n) is 4.21. The molecule has 1 aliphatic heterocycles. The molecular weight excluding hydrogens is 322 g/mol. The van der Waals surface area contributed by atoms with Crippen LogP contribution in [0, 0.1) is 0 Å². The number of carbonyl (C=O) groups excluding carboxylic acids is 2. The number of hydrogen-bond acceptors (Lipinski definition) is 4. The van der Waals surface area contributed by atoms with Gasteiger partial charge in [0.15, 0.2) is 0 Å². The van der Waals surface area contributed by atoms with Crippen molar-refractivity contribution < 1.29 is 9.59 Å². The first-order valence-electron chi connectivity index (χ1n) is 7.95. The second-order valence-corrected chi connectivity index (χ2v) is 7.10. The second-order valence-electron chi connectivity index (χ2n) is 6.12. The predicted octanol–water partition coefficient (Wildman–Crippen LogP) is 2.67. The third-order valence-corrected chi connectivity index (χ3v) is 5.19. The van der Waals surface area contributed by atoms with Crippen molar-refractivity contribution in [2.75, 3.05) is 26.0 Å². The SMILES string of the molecule is CN(C)C(CNC(=O)c1ccc2c(c1)CCC(=O)N2)c1cccs1. The molecule has 0 bridgehead atoms. The Morgan fingerprint density at radius 3 is 2.88 bits per heavy atom. The Balaban J connectivity index is 1.68. The molecule has 24 heavy (non-hydrogen) atoms. The Morgan fingerprint density at radius 1 is 1.33 bits per heavy atom. The first kappa shape index (κ1) is 16.7. The van der Waals surface area contributed by atoms with Crippen LogP contribution in [0.5, 0.6) is 0 Å². The van der Waals surface area contributed by atoms with Crippen molar-refractivity contribution in [3.8, 4) is 0 Å². The van der Waals surface area contributed by atoms with Crippen LogP contribution in [0.1, 0.15) is 33.3 Å². The number of carbonyl (C=O) groups is 2. The van der Waals surface area contributed by atoms with Crippen LogP contribution in [0.3, 0.4) is 0 Å². The Bertz CT molecular complexity index is 741. The monoisotopic (exact) mass is 343 g/mol. The topological polar surface area (TPSA) is 61.4 Å². The highest BCUT2D eigenvalue weighted by Gasteiger charge is 2.19. The summed E-state index contributed by atoms with van der Waals surface area (Å²) in [5.74, 6) is -0.0532. The van der Waals surface area contributed by atoms with Crippen molar-refractivity contribution in [1.82, 2.24) is 10.2 Å². The summed E-state index contributed by atoms with van der Waals surface area (Å²) in [7, 11) is 4.02. The van der Waals surface area contributed by atoms with Gasteiger partial charge in [0.1, 0.15) is 0 Å². The molecule has 1 unspecified atom stereocenters. The van der Waals surface area contributed by atoms with Crippen LogP contribution in [0.15, 0.2) is 35.7 Å². The van der Waals surface area contributed by atoms with Gasteiger partial charge in [0.2, 0.25) is 5.91 Å². The molecule has 0 saturated heterocycles. The zero-order valence-corrected chi connectivity index (χ0v) is 14.7. The highest BCUT2D eigenvalue weighted by Crippen LogP contribution is 2.24. The van der Waals surface area contributed by atoms with Gasteiger partial charge in [0.25, 0.3) is 5.91 Å². The summed E-state index contributed by atoms with van der Waals surface area (Å²) in [6.07, 6.45) is 1.15. The van der Waals surface area contributed by atoms with Crippen LogP contribution >= 0.6 is 11.3 Å². The van der Waals surface area contributed by atoms with E-state index < -0.39 is 0 Å². The van der Waals surface area contributed by atoms with Gasteiger partial charge in [-0.2, -0.15) is 0 Å². The summed E-state index contributed by atoms with van der Waals surface area (Å²) in [5.41, 5.74) is 2.46. The number of hydrogen-bond donors (Lipinski definition) is 2. The molecule has 0 spiro atoms. The quantitative estimate of drug-likeness (QED) is 0.877. The minimum Gasteiger partial charge on any atom is -0.350 e. The van der Waals surface area contributed by atoms with Gasteiger partial charge in [-0.3, -0.25) is 9.59 Å². The molecule has 3 rings (SSSR count). The second kappa shape index (κ2) is 7.15. The Morgan fingerprint density at radius 2 is 2.17 bits per heavy atom. The lowest BCUT2D eigenvalue weighted by molar-refractivity contribution is -0.116. The molecule has 2 N–H and O–H groups in total. The predicted molar refractivity (Wildman–Crippen MR) is 96.5 cm³/mol. The summed E-state index contributed by atoms with van der Waals surface area (Å²) in [5, 5.41) is 7.90. The summed E-state index contributed by atoms with van der Waals surface area (Å²) in [6.45, 7) is 0.556. The fourth-order valence-corrected chi connectivity index (χ4v) is 3.76. The normalized spacial score (nSPS) is 14.9. The number of thiophene rings is 1. The average molecular weight is 343 g/mol. The molecule has 2 aromatic rings. The number of likely N-dealkylation sites (N-methyl/N-ethyl adjacent to an activating group) is 1. The standard InChI is InChI=1S/C18H21N3O2S/c1-21(2)15(16-4-3-9-24-16)11-19-18(23)13-5-7-14-12(10-13)6-8-17(22)20-14/h3-5,7,9-10,15H,6,8,11H2,1-2H3,(H,19,23)(H,20,22). The van der Waals surface area contributed by atoms with Crippen molar-refractivity contribution in [3.63, 3.8) is 0 Å². The number of anilines is 1. The van der Waals surface area contributed by atoms with Gasteiger partial charge < -0.3 is 15.5 Å². The van der Waals surface area contributed by atoms with Gasteiger partial charge in [-0.1, -0.05) is 6.07 Å². The molecule has 1 aromatic heterocycles. The van der Waals surface area contributed by atoms with Crippen molar-refractivity contribution in [3.05, 3.63) is 51.7 Å². The van der Waals surface area contributed by atoms with Crippen molar-refractivity contribution >= 4 is 28.8 Å². The maximum Gasteiger partial charge on any atom is 0.251 e. The zero-order valence-electron chi connectivity index (χ0n) is 13.8. The fraction of sp³-hybridized carbons (Fsp3) is 0.333. The molecule has 5 nitrogen and oxygen atoms in total. The lowest BCUT2D eigenvalue weighted by Crippen LogP contribution is -2.34. The van der Waals surface area contributed by atoms with Crippen LogP contribution in [-0.2, 0) is 11.2 Å². The molecule has 1 aromatic carbocycles. The first-order valence-corrected chi connectivity index (χ1v) is 8.83. The van der Waals surface area contributed by atoms with E-state index in [0.29, 0.717) is 24.9 Å². The van der Waals surface area contributed by atoms with E-state index >= 15 is 0 Å². The fourth-order valence-electron chi connectivity index (χ4n) is 2.83. The zero-order chi connectivity index (χ0) is 17.1. The molecule has 0 aliphatic carbocycles. The van der Waals surface area contributed by atoms with Crippen LogP contribution < -0.4 is 10.6 Å². The van der Waals surface area contributed by atoms with Crippen molar-refractivity contribution in [2.45, 2.75) is 18.9 Å². The highest BCUT2D eigenvalue weighted by molar-refractivity contribution is 7.10. The van der Waals surface area contributed by atoms with Gasteiger partial charge in [0, 0.05) is 29.1 Å². The smallest absolute Gasteiger partial charge is 0.251 e. The van der Waals surface area contributed by atoms with E-state index in [0.717, 1.165) is 11.3 Å². The minimum atomic E-state index is -0.0851. The number of nitrogens with one attached hydrogen (secondary N) is 2. The van der Waals surface area contributed by atoms with E-state index in [-0.39, 0.29) is 17.9 Å². The van der Waals surface area contributed by atoms with Crippen LogP contribution in [-0.4, -0.2) is 37.4 Å². The number of aryl methyl sites for hydroxylation is 1. The van der Waals surface area contributed by atoms with Crippen molar-refractivity contribution in [1.29, 1.82) is 0 Å². The summed E-state index contributed by atoms with van der Waals surface area (Å²) in [6, 6.07) is 9.71. The lowest BCUT2D eigenvalue weighted by Gasteiger charge is -2.23. The van der Waals surface area contributed by atoms with E-state index in [2.05, 4.69) is 21.6 Å². The molecule has 1 aliphatic rings. The number of nitrogens with zero attached hydrogens (tertiary/aromatic N) is 1. The van der Waals surface area contributed by atoms with Gasteiger partial charge in [-0.15, -0.1) is 11.3 Å². The molecule has 2 heterocycles. The van der Waals surface area contributed by atoms with E-state index in [1.807, 2.05) is 37.7 Å². The number of amides is 2. The average Bonchev–Trinajstić information content (AvgIpc) is 3.08. The van der Waals surface area contributed by atoms with Crippen LogP contribution in [0.25, 0.3) is 0 Å². The van der Waals surface area contributed by atoms with E-state index in [1.165, 1.54) is 4.88 Å². The van der Waals surface area contributed by atoms with Crippen molar-refractivity contribution in [2.24, 2.45) is 0 Å². The molecule has 1 atom stereocenters. The highest BCUT2D eigenvalue weighted by atomic mass is 32.1. The molecule has 0 saturated carbocycles. The van der Waals surface area contributed by atoms with Gasteiger partial charge in [-0.05, 0) is 55.7 Å². The molecule has 6 heteroatoms. The van der Waals surface area contributed by atoms with Crippen LogP contribution in [0.4, 0.5) is 5.69 Å². The maximum atomic E-state index is 12.5. The Hall–Kier alpha value is -2.18. The minimum absolute atomic E-state index is 0.0319. The van der Waals surface area contributed by atoms with Gasteiger partial charge in [-0.25, -0.2) is 0 Å². The van der Waals surface area contributed by atoms with E-state index in [4.69, 9.17) is 0 Å². The summed E-state index contributed by atoms with van der Waals surface area (Å²) >= 11 is 1.69. The van der Waals surface area contributed by atoms with Crippen LogP contribution in [0.2, 0.25) is 0 Å². The largest absolute Gasteiger partial charge is 0.350 e. The molecule has 0 radical (unpaired) electrons. The number of fused-ring (bicyclic) bond motifs is 1. The van der Waals surface area contributed by atoms with Gasteiger partial charge in [0.05, 0.1) is 6.04 Å². The molecular formula is C18H21N3O2S. The lowest BCUT2D eigenvalue weighted by atomic mass is 10.00. The molecule has 2 amide bonds. The summed E-state index contributed by atoms with van der Waals surface area (Å²) in [4.78, 5) is 27.2. The summed E-state index contributed by atoms with van der Waals surface area (Å²) < 4.78 is 0. The van der Waals surface area contributed by atoms with E-state index in [1.54, 1.807) is 17.4 Å². The third kappa shape index (κ3) is 3.66.